The van der Waals surface area contributed by atoms with Gasteiger partial charge in [0.15, 0.2) is 6.61 Å². The first-order chi connectivity index (χ1) is 14.5. The van der Waals surface area contributed by atoms with Gasteiger partial charge in [-0.05, 0) is 60.0 Å². The van der Waals surface area contributed by atoms with E-state index in [2.05, 4.69) is 10.6 Å². The molecule has 3 aromatic carbocycles. The molecule has 0 aliphatic heterocycles. The molecule has 0 saturated carbocycles. The van der Waals surface area contributed by atoms with Crippen molar-refractivity contribution >= 4 is 29.1 Å². The second-order valence-electron chi connectivity index (χ2n) is 6.68. The summed E-state index contributed by atoms with van der Waals surface area (Å²) in [6.07, 6.45) is 0.837. The summed E-state index contributed by atoms with van der Waals surface area (Å²) in [5.74, 6) is 0.0910. The van der Waals surface area contributed by atoms with Crippen LogP contribution in [-0.4, -0.2) is 18.4 Å². The van der Waals surface area contributed by atoms with Crippen molar-refractivity contribution in [3.8, 4) is 5.75 Å². The molecule has 0 saturated heterocycles. The number of hydrogen-bond acceptors (Lipinski definition) is 3. The average Bonchev–Trinajstić information content (AvgIpc) is 2.78. The van der Waals surface area contributed by atoms with Gasteiger partial charge in [0.25, 0.3) is 11.8 Å². The maximum Gasteiger partial charge on any atom is 0.258 e. The molecule has 0 fully saturated rings. The monoisotopic (exact) mass is 422 g/mol. The van der Waals surface area contributed by atoms with E-state index in [1.165, 1.54) is 0 Å². The molecule has 6 heteroatoms. The van der Waals surface area contributed by atoms with Gasteiger partial charge in [-0.25, -0.2) is 0 Å². The smallest absolute Gasteiger partial charge is 0.258 e. The SMILES string of the molecule is CCc1ccccc1NC(=O)c1ccc(OCC(=O)NCc2ccc(Cl)cc2)cc1. The molecule has 0 aliphatic rings. The van der Waals surface area contributed by atoms with Crippen LogP contribution < -0.4 is 15.4 Å². The molecule has 0 radical (unpaired) electrons. The molecule has 30 heavy (non-hydrogen) atoms. The van der Waals surface area contributed by atoms with Crippen molar-refractivity contribution in [3.63, 3.8) is 0 Å². The number of aryl methyl sites for hydroxylation is 1. The molecule has 154 valence electrons. The van der Waals surface area contributed by atoms with Gasteiger partial charge in [0, 0.05) is 22.8 Å². The minimum absolute atomic E-state index is 0.108. The lowest BCUT2D eigenvalue weighted by Gasteiger charge is -2.11. The summed E-state index contributed by atoms with van der Waals surface area (Å²) in [5, 5.41) is 6.37. The highest BCUT2D eigenvalue weighted by Gasteiger charge is 2.09. The maximum atomic E-state index is 12.5. The van der Waals surface area contributed by atoms with Gasteiger partial charge in [-0.3, -0.25) is 9.59 Å². The van der Waals surface area contributed by atoms with E-state index < -0.39 is 0 Å². The Morgan fingerprint density at radius 1 is 0.933 bits per heavy atom. The lowest BCUT2D eigenvalue weighted by atomic mass is 10.1. The second kappa shape index (κ2) is 10.5. The maximum absolute atomic E-state index is 12.5. The Morgan fingerprint density at radius 3 is 2.33 bits per heavy atom. The molecule has 0 aromatic heterocycles. The van der Waals surface area contributed by atoms with E-state index in [0.717, 1.165) is 23.2 Å². The van der Waals surface area contributed by atoms with Crippen molar-refractivity contribution in [2.75, 3.05) is 11.9 Å². The zero-order valence-electron chi connectivity index (χ0n) is 16.7. The topological polar surface area (TPSA) is 67.4 Å². The van der Waals surface area contributed by atoms with Gasteiger partial charge in [-0.1, -0.05) is 48.9 Å². The fraction of sp³-hybridized carbons (Fsp3) is 0.167. The van der Waals surface area contributed by atoms with Gasteiger partial charge in [-0.2, -0.15) is 0 Å². The van der Waals surface area contributed by atoms with E-state index in [1.807, 2.05) is 43.3 Å². The number of ether oxygens (including phenoxy) is 1. The number of hydrogen-bond donors (Lipinski definition) is 2. The van der Waals surface area contributed by atoms with Gasteiger partial charge in [-0.15, -0.1) is 0 Å². The van der Waals surface area contributed by atoms with Gasteiger partial charge in [0.05, 0.1) is 0 Å². The Kier molecular flexibility index (Phi) is 7.46. The van der Waals surface area contributed by atoms with Crippen LogP contribution in [0.1, 0.15) is 28.4 Å². The lowest BCUT2D eigenvalue weighted by molar-refractivity contribution is -0.123. The van der Waals surface area contributed by atoms with Crippen LogP contribution in [0.25, 0.3) is 0 Å². The van der Waals surface area contributed by atoms with Crippen molar-refractivity contribution in [1.29, 1.82) is 0 Å². The third-order valence-corrected chi connectivity index (χ3v) is 4.79. The number of carbonyl (C=O) groups is 2. The second-order valence-corrected chi connectivity index (χ2v) is 7.12. The third-order valence-electron chi connectivity index (χ3n) is 4.54. The molecule has 3 rings (SSSR count). The number of para-hydroxylation sites is 1. The van der Waals surface area contributed by atoms with Crippen molar-refractivity contribution in [3.05, 3.63) is 94.5 Å². The molecule has 0 aliphatic carbocycles. The van der Waals surface area contributed by atoms with Gasteiger partial charge in [0.2, 0.25) is 0 Å². The van der Waals surface area contributed by atoms with E-state index >= 15 is 0 Å². The summed E-state index contributed by atoms with van der Waals surface area (Å²) in [5.41, 5.74) is 3.35. The highest BCUT2D eigenvalue weighted by Crippen LogP contribution is 2.18. The molecule has 2 amide bonds. The molecule has 0 spiro atoms. The van der Waals surface area contributed by atoms with Crippen LogP contribution in [0.2, 0.25) is 5.02 Å². The quantitative estimate of drug-likeness (QED) is 0.545. The zero-order valence-corrected chi connectivity index (χ0v) is 17.4. The van der Waals surface area contributed by atoms with E-state index in [1.54, 1.807) is 36.4 Å². The number of anilines is 1. The Bertz CT molecular complexity index is 1000. The Morgan fingerprint density at radius 2 is 1.63 bits per heavy atom. The highest BCUT2D eigenvalue weighted by molar-refractivity contribution is 6.30. The summed E-state index contributed by atoms with van der Waals surface area (Å²) < 4.78 is 5.50. The Labute approximate surface area is 181 Å². The third kappa shape index (κ3) is 6.09. The number of nitrogens with one attached hydrogen (secondary N) is 2. The number of rotatable bonds is 8. The number of amides is 2. The van der Waals surface area contributed by atoms with Crippen LogP contribution in [0.15, 0.2) is 72.8 Å². The number of carbonyl (C=O) groups excluding carboxylic acids is 2. The standard InChI is InChI=1S/C24H23ClN2O3/c1-2-18-5-3-4-6-22(18)27-24(29)19-9-13-21(14-10-19)30-16-23(28)26-15-17-7-11-20(25)12-8-17/h3-14H,2,15-16H2,1H3,(H,26,28)(H,27,29). The fourth-order valence-corrected chi connectivity index (χ4v) is 2.98. The van der Waals surface area contributed by atoms with E-state index in [0.29, 0.717) is 22.9 Å². The predicted molar refractivity (Wildman–Crippen MR) is 119 cm³/mol. The summed E-state index contributed by atoms with van der Waals surface area (Å²) in [6, 6.07) is 21.7. The van der Waals surface area contributed by atoms with Crippen LogP contribution in [-0.2, 0) is 17.8 Å². The molecule has 3 aromatic rings. The molecule has 0 unspecified atom stereocenters. The van der Waals surface area contributed by atoms with Crippen LogP contribution >= 0.6 is 11.6 Å². The Hall–Kier alpha value is -3.31. The van der Waals surface area contributed by atoms with E-state index in [4.69, 9.17) is 16.3 Å². The average molecular weight is 423 g/mol. The van der Waals surface area contributed by atoms with Crippen molar-refractivity contribution in [1.82, 2.24) is 5.32 Å². The van der Waals surface area contributed by atoms with Crippen LogP contribution in [0.5, 0.6) is 5.75 Å². The van der Waals surface area contributed by atoms with E-state index in [9.17, 15) is 9.59 Å². The molecular weight excluding hydrogens is 400 g/mol. The zero-order chi connectivity index (χ0) is 21.3. The normalized spacial score (nSPS) is 10.3. The van der Waals surface area contributed by atoms with Gasteiger partial charge in [0.1, 0.15) is 5.75 Å². The van der Waals surface area contributed by atoms with Crippen LogP contribution in [0.3, 0.4) is 0 Å². The molecular formula is C24H23ClN2O3. The highest BCUT2D eigenvalue weighted by atomic mass is 35.5. The summed E-state index contributed by atoms with van der Waals surface area (Å²) in [4.78, 5) is 24.4. The first-order valence-corrected chi connectivity index (χ1v) is 10.1. The Balaban J connectivity index is 1.48. The number of halogens is 1. The molecule has 2 N–H and O–H groups in total. The van der Waals surface area contributed by atoms with Crippen molar-refractivity contribution in [2.45, 2.75) is 19.9 Å². The molecule has 5 nitrogen and oxygen atoms in total. The largest absolute Gasteiger partial charge is 0.484 e. The molecule has 0 atom stereocenters. The lowest BCUT2D eigenvalue weighted by Crippen LogP contribution is -2.28. The molecule has 0 heterocycles. The van der Waals surface area contributed by atoms with Gasteiger partial charge < -0.3 is 15.4 Å². The first-order valence-electron chi connectivity index (χ1n) is 9.68. The van der Waals surface area contributed by atoms with Crippen LogP contribution in [0, 0.1) is 0 Å². The summed E-state index contributed by atoms with van der Waals surface area (Å²) >= 11 is 5.84. The van der Waals surface area contributed by atoms with E-state index in [-0.39, 0.29) is 18.4 Å². The van der Waals surface area contributed by atoms with Crippen molar-refractivity contribution in [2.24, 2.45) is 0 Å². The van der Waals surface area contributed by atoms with Gasteiger partial charge >= 0.3 is 0 Å². The molecule has 0 bridgehead atoms. The first kappa shape index (κ1) is 21.4. The minimum Gasteiger partial charge on any atom is -0.484 e. The number of benzene rings is 3. The fourth-order valence-electron chi connectivity index (χ4n) is 2.85. The summed E-state index contributed by atoms with van der Waals surface area (Å²) in [7, 11) is 0. The van der Waals surface area contributed by atoms with Crippen LogP contribution in [0.4, 0.5) is 5.69 Å². The minimum atomic E-state index is -0.233. The summed E-state index contributed by atoms with van der Waals surface area (Å²) in [6.45, 7) is 2.34. The predicted octanol–water partition coefficient (Wildman–Crippen LogP) is 4.85. The van der Waals surface area contributed by atoms with Crippen molar-refractivity contribution < 1.29 is 14.3 Å².